The van der Waals surface area contributed by atoms with E-state index in [1.165, 1.54) is 81.2 Å². The van der Waals surface area contributed by atoms with Gasteiger partial charge >= 0.3 is 5.97 Å². The molecule has 0 saturated carbocycles. The number of aromatic carboxylic acids is 1. The van der Waals surface area contributed by atoms with Crippen LogP contribution in [0.3, 0.4) is 0 Å². The van der Waals surface area contributed by atoms with Gasteiger partial charge < -0.3 is 10.2 Å². The van der Waals surface area contributed by atoms with Gasteiger partial charge in [0.25, 0.3) is 0 Å². The Morgan fingerprint density at radius 2 is 0.727 bits per heavy atom. The maximum atomic E-state index is 12.1. The predicted molar refractivity (Wildman–Crippen MR) is 240 cm³/mol. The van der Waals surface area contributed by atoms with Crippen molar-refractivity contribution in [2.45, 2.75) is 178 Å². The van der Waals surface area contributed by atoms with E-state index in [1.807, 2.05) is 6.08 Å². The van der Waals surface area contributed by atoms with Crippen LogP contribution in [0.5, 0.6) is 5.75 Å². The molecule has 0 aliphatic rings. The Bertz CT molecular complexity index is 1590. The molecule has 0 fully saturated rings. The summed E-state index contributed by atoms with van der Waals surface area (Å²) in [7, 11) is 0. The molecular weight excluding hydrogens is 673 g/mol. The van der Waals surface area contributed by atoms with Gasteiger partial charge in [-0.3, -0.25) is 0 Å². The highest BCUT2D eigenvalue weighted by Gasteiger charge is 2.04. The largest absolute Gasteiger partial charge is 0.872 e. The van der Waals surface area contributed by atoms with E-state index in [-0.39, 0.29) is 11.3 Å². The number of carboxylic acid groups (broad SMARTS) is 1. The van der Waals surface area contributed by atoms with Crippen molar-refractivity contribution in [3.05, 3.63) is 134 Å². The molecule has 1 N–H and O–H groups in total. The predicted octanol–water partition coefficient (Wildman–Crippen LogP) is 15.8. The highest BCUT2D eigenvalue weighted by Crippen LogP contribution is 2.20. The summed E-state index contributed by atoms with van der Waals surface area (Å²) in [6.45, 7) is 22.3. The SMILES string of the molecule is CC(C)=CCC/C(C)=C/CC/C(C)=C/CC/C(C)=C/CC/C(C)=C/CC/C(C)=C/CC/C(C)=C/CC/C(C)=C/CC/C(C)=C/Cc1cc(C(=O)O)ccc1[O-]. The van der Waals surface area contributed by atoms with Crippen molar-refractivity contribution in [2.24, 2.45) is 0 Å². The molecule has 3 nitrogen and oxygen atoms in total. The normalized spacial score (nSPS) is 14.1. The van der Waals surface area contributed by atoms with E-state index in [4.69, 9.17) is 0 Å². The van der Waals surface area contributed by atoms with Crippen molar-refractivity contribution in [2.75, 3.05) is 0 Å². The van der Waals surface area contributed by atoms with Crippen molar-refractivity contribution in [3.8, 4) is 5.75 Å². The van der Waals surface area contributed by atoms with Crippen LogP contribution in [0.15, 0.2) is 123 Å². The van der Waals surface area contributed by atoms with Crippen LogP contribution in [0.25, 0.3) is 0 Å². The van der Waals surface area contributed by atoms with Gasteiger partial charge in [0.05, 0.1) is 5.56 Å². The Morgan fingerprint density at radius 3 is 1.00 bits per heavy atom. The number of carbonyl (C=O) groups is 1. The van der Waals surface area contributed by atoms with Gasteiger partial charge in [-0.2, -0.15) is 0 Å². The third-order valence-electron chi connectivity index (χ3n) is 10.3. The number of hydrogen-bond acceptors (Lipinski definition) is 2. The molecular formula is C52H77O3-. The molecule has 0 aromatic heterocycles. The first-order valence-corrected chi connectivity index (χ1v) is 21.1. The molecule has 0 unspecified atom stereocenters. The molecule has 3 heteroatoms. The minimum atomic E-state index is -1.01. The van der Waals surface area contributed by atoms with Crippen molar-refractivity contribution in [1.82, 2.24) is 0 Å². The lowest BCUT2D eigenvalue weighted by Crippen LogP contribution is -2.01. The van der Waals surface area contributed by atoms with Crippen molar-refractivity contribution < 1.29 is 15.0 Å². The van der Waals surface area contributed by atoms with Gasteiger partial charge in [0.1, 0.15) is 0 Å². The first-order valence-electron chi connectivity index (χ1n) is 21.1. The molecule has 0 aliphatic heterocycles. The Morgan fingerprint density at radius 1 is 0.455 bits per heavy atom. The van der Waals surface area contributed by atoms with Crippen molar-refractivity contribution >= 4 is 5.97 Å². The van der Waals surface area contributed by atoms with E-state index in [2.05, 4.69) is 118 Å². The minimum absolute atomic E-state index is 0.108. The second kappa shape index (κ2) is 29.4. The molecule has 1 aromatic rings. The number of allylic oxidation sites excluding steroid dienone is 18. The second-order valence-corrected chi connectivity index (χ2v) is 16.3. The lowest BCUT2D eigenvalue weighted by atomic mass is 10.0. The fraction of sp³-hybridized carbons (Fsp3) is 0.519. The quantitative estimate of drug-likeness (QED) is 0.0911. The zero-order chi connectivity index (χ0) is 41.0. The average molecular weight is 750 g/mol. The fourth-order valence-electron chi connectivity index (χ4n) is 6.38. The van der Waals surface area contributed by atoms with E-state index in [0.717, 1.165) is 89.9 Å². The van der Waals surface area contributed by atoms with Crippen LogP contribution in [0, 0.1) is 0 Å². The Balaban J connectivity index is 2.27. The third-order valence-corrected chi connectivity index (χ3v) is 10.3. The number of carboxylic acids is 1. The molecule has 304 valence electrons. The first-order chi connectivity index (χ1) is 26.2. The molecule has 0 saturated heterocycles. The maximum absolute atomic E-state index is 12.1. The van der Waals surface area contributed by atoms with E-state index in [0.29, 0.717) is 12.0 Å². The van der Waals surface area contributed by atoms with Crippen LogP contribution in [0.4, 0.5) is 0 Å². The molecule has 55 heavy (non-hydrogen) atoms. The smallest absolute Gasteiger partial charge is 0.335 e. The molecule has 0 aliphatic carbocycles. The van der Waals surface area contributed by atoms with Crippen molar-refractivity contribution in [1.29, 1.82) is 0 Å². The summed E-state index contributed by atoms with van der Waals surface area (Å²) in [5.74, 6) is -1.11. The van der Waals surface area contributed by atoms with Gasteiger partial charge in [0.15, 0.2) is 0 Å². The highest BCUT2D eigenvalue weighted by atomic mass is 16.4. The van der Waals surface area contributed by atoms with Crippen molar-refractivity contribution in [3.63, 3.8) is 0 Å². The molecule has 1 aromatic carbocycles. The molecule has 1 rings (SSSR count). The van der Waals surface area contributed by atoms with E-state index in [1.54, 1.807) is 0 Å². The Kier molecular flexibility index (Phi) is 26.3. The standard InChI is InChI=1S/C52H78O3/c1-40(2)19-11-20-41(3)21-12-22-42(4)23-13-24-43(5)25-14-26-44(6)27-15-28-45(7)29-16-30-46(8)31-17-32-47(9)33-18-34-48(10)35-36-49-39-50(52(54)55)37-38-51(49)53/h19,21,23,25,27,29,31,33,35,37-39,53H,11-18,20,22,24,26,28,30,32,34,36H2,1-10H3,(H,54,55)/p-1/b41-21+,42-23+,43-25+,44-27+,45-29+,46-31+,47-33+,48-35+. The molecule has 0 heterocycles. The van der Waals surface area contributed by atoms with Gasteiger partial charge in [-0.1, -0.05) is 116 Å². The van der Waals surface area contributed by atoms with Crippen LogP contribution < -0.4 is 5.11 Å². The topological polar surface area (TPSA) is 60.4 Å². The molecule has 0 atom stereocenters. The van der Waals surface area contributed by atoms with Crippen LogP contribution in [0.2, 0.25) is 0 Å². The zero-order valence-electron chi connectivity index (χ0n) is 36.7. The van der Waals surface area contributed by atoms with E-state index >= 15 is 0 Å². The van der Waals surface area contributed by atoms with Crippen LogP contribution >= 0.6 is 0 Å². The summed E-state index contributed by atoms with van der Waals surface area (Å²) in [6.07, 6.45) is 39.6. The maximum Gasteiger partial charge on any atom is 0.335 e. The van der Waals surface area contributed by atoms with E-state index < -0.39 is 5.97 Å². The summed E-state index contributed by atoms with van der Waals surface area (Å²) >= 11 is 0. The zero-order valence-corrected chi connectivity index (χ0v) is 36.7. The lowest BCUT2D eigenvalue weighted by Gasteiger charge is -2.13. The van der Waals surface area contributed by atoms with Crippen LogP contribution in [-0.2, 0) is 6.42 Å². The second-order valence-electron chi connectivity index (χ2n) is 16.3. The summed E-state index contributed by atoms with van der Waals surface area (Å²) in [6, 6.07) is 4.21. The molecule has 0 bridgehead atoms. The summed E-state index contributed by atoms with van der Waals surface area (Å²) in [5, 5.41) is 21.3. The highest BCUT2D eigenvalue weighted by molar-refractivity contribution is 5.88. The summed E-state index contributed by atoms with van der Waals surface area (Å²) in [5.41, 5.74) is 13.7. The summed E-state index contributed by atoms with van der Waals surface area (Å²) in [4.78, 5) is 11.2. The Hall–Kier alpha value is -3.85. The summed E-state index contributed by atoms with van der Waals surface area (Å²) < 4.78 is 0. The molecule has 0 spiro atoms. The molecule has 0 radical (unpaired) electrons. The van der Waals surface area contributed by atoms with Crippen LogP contribution in [-0.4, -0.2) is 11.1 Å². The van der Waals surface area contributed by atoms with Gasteiger partial charge in [-0.05, 0) is 191 Å². The van der Waals surface area contributed by atoms with Gasteiger partial charge in [0, 0.05) is 0 Å². The van der Waals surface area contributed by atoms with Gasteiger partial charge in [0.2, 0.25) is 0 Å². The monoisotopic (exact) mass is 750 g/mol. The van der Waals surface area contributed by atoms with Gasteiger partial charge in [-0.25, -0.2) is 4.79 Å². The number of benzene rings is 1. The lowest BCUT2D eigenvalue weighted by molar-refractivity contribution is -0.269. The number of rotatable bonds is 27. The van der Waals surface area contributed by atoms with Crippen LogP contribution in [0.1, 0.15) is 188 Å². The minimum Gasteiger partial charge on any atom is -0.872 e. The Labute approximate surface area is 338 Å². The molecule has 0 amide bonds. The van der Waals surface area contributed by atoms with Gasteiger partial charge in [-0.15, -0.1) is 5.75 Å². The van der Waals surface area contributed by atoms with E-state index in [9.17, 15) is 15.0 Å². The third kappa shape index (κ3) is 26.6. The first kappa shape index (κ1) is 49.2. The fourth-order valence-corrected chi connectivity index (χ4v) is 6.38. The number of hydrogen-bond donors (Lipinski definition) is 1. The average Bonchev–Trinajstić information content (AvgIpc) is 3.11.